The summed E-state index contributed by atoms with van der Waals surface area (Å²) in [4.78, 5) is 43.7. The average molecular weight is 422 g/mol. The third kappa shape index (κ3) is 3.07. The highest BCUT2D eigenvalue weighted by Crippen LogP contribution is 2.35. The van der Waals surface area contributed by atoms with Gasteiger partial charge in [0.15, 0.2) is 5.54 Å². The first-order chi connectivity index (χ1) is 15.6. The maximum atomic E-state index is 13.6. The largest absolute Gasteiger partial charge is 0.344 e. The number of fused-ring (bicyclic) bond motifs is 1. The van der Waals surface area contributed by atoms with Gasteiger partial charge in [-0.05, 0) is 23.3 Å². The van der Waals surface area contributed by atoms with Crippen LogP contribution in [0.25, 0.3) is 10.9 Å². The van der Waals surface area contributed by atoms with Crippen LogP contribution in [-0.4, -0.2) is 27.8 Å². The molecular weight excluding hydrogens is 404 g/mol. The van der Waals surface area contributed by atoms with Crippen molar-refractivity contribution < 1.29 is 14.4 Å². The predicted octanol–water partition coefficient (Wildman–Crippen LogP) is 3.38. The van der Waals surface area contributed by atoms with Crippen LogP contribution in [0.1, 0.15) is 21.6 Å². The van der Waals surface area contributed by atoms with E-state index in [9.17, 15) is 14.4 Å². The number of hydrogen-bond donors (Lipinski definition) is 2. The molecule has 1 aromatic heterocycles. The van der Waals surface area contributed by atoms with Gasteiger partial charge in [0.25, 0.3) is 11.8 Å². The summed E-state index contributed by atoms with van der Waals surface area (Å²) in [5.41, 5.74) is 2.88. The molecule has 7 nitrogen and oxygen atoms in total. The van der Waals surface area contributed by atoms with E-state index in [-0.39, 0.29) is 5.69 Å². The van der Waals surface area contributed by atoms with Crippen molar-refractivity contribution in [1.29, 1.82) is 0 Å². The van der Waals surface area contributed by atoms with Crippen LogP contribution in [0, 0.1) is 0 Å². The topological polar surface area (TPSA) is 91.4 Å². The van der Waals surface area contributed by atoms with Crippen LogP contribution in [0.5, 0.6) is 0 Å². The second-order valence-corrected chi connectivity index (χ2v) is 7.38. The highest BCUT2D eigenvalue weighted by molar-refractivity contribution is 6.11. The smallest absolute Gasteiger partial charge is 0.314 e. The fraction of sp³-hybridized carbons (Fsp3) is 0.0400. The molecule has 1 aliphatic rings. The number of rotatable bonds is 4. The van der Waals surface area contributed by atoms with Crippen molar-refractivity contribution >= 4 is 28.7 Å². The molecule has 32 heavy (non-hydrogen) atoms. The molecule has 1 saturated heterocycles. The Kier molecular flexibility index (Phi) is 4.63. The fourth-order valence-corrected chi connectivity index (χ4v) is 3.92. The van der Waals surface area contributed by atoms with E-state index in [1.54, 1.807) is 66.7 Å². The third-order valence-corrected chi connectivity index (χ3v) is 5.48. The molecule has 0 atom stereocenters. The number of para-hydroxylation sites is 1. The van der Waals surface area contributed by atoms with E-state index < -0.39 is 23.4 Å². The van der Waals surface area contributed by atoms with E-state index in [1.165, 1.54) is 0 Å². The van der Waals surface area contributed by atoms with Crippen LogP contribution >= 0.6 is 0 Å². The Hall–Kier alpha value is -4.52. The van der Waals surface area contributed by atoms with Crippen molar-refractivity contribution in [2.75, 3.05) is 0 Å². The molecule has 1 aliphatic heterocycles. The summed E-state index contributed by atoms with van der Waals surface area (Å²) in [7, 11) is 0. The van der Waals surface area contributed by atoms with E-state index >= 15 is 0 Å². The molecule has 3 aromatic carbocycles. The Labute approximate surface area is 183 Å². The SMILES string of the molecule is O=C(NN1C(=O)NC(c2ccccc2)(c2ccccc2)C1=O)c1ccc2ccccc2n1. The molecule has 4 aromatic rings. The zero-order valence-corrected chi connectivity index (χ0v) is 16.9. The number of benzene rings is 3. The van der Waals surface area contributed by atoms with Crippen LogP contribution in [0.3, 0.4) is 0 Å². The number of amides is 4. The van der Waals surface area contributed by atoms with Crippen LogP contribution in [0.15, 0.2) is 97.1 Å². The average Bonchev–Trinajstić information content (AvgIpc) is 3.10. The molecular formula is C25H18N4O3. The van der Waals surface area contributed by atoms with Gasteiger partial charge in [-0.1, -0.05) is 84.9 Å². The van der Waals surface area contributed by atoms with Gasteiger partial charge in [0.2, 0.25) is 0 Å². The number of pyridine rings is 1. The summed E-state index contributed by atoms with van der Waals surface area (Å²) in [6.07, 6.45) is 0. The van der Waals surface area contributed by atoms with E-state index in [1.807, 2.05) is 30.3 Å². The number of nitrogens with zero attached hydrogens (tertiary/aromatic N) is 2. The lowest BCUT2D eigenvalue weighted by Gasteiger charge is -2.27. The normalized spacial score (nSPS) is 14.9. The number of hydrazine groups is 1. The van der Waals surface area contributed by atoms with Crippen molar-refractivity contribution in [1.82, 2.24) is 20.7 Å². The van der Waals surface area contributed by atoms with Gasteiger partial charge >= 0.3 is 6.03 Å². The number of carbonyl (C=O) groups is 3. The van der Waals surface area contributed by atoms with E-state index in [0.717, 1.165) is 10.4 Å². The highest BCUT2D eigenvalue weighted by atomic mass is 16.2. The quantitative estimate of drug-likeness (QED) is 0.493. The van der Waals surface area contributed by atoms with Gasteiger partial charge in [0, 0.05) is 5.39 Å². The molecule has 0 radical (unpaired) electrons. The van der Waals surface area contributed by atoms with Crippen molar-refractivity contribution in [2.24, 2.45) is 0 Å². The lowest BCUT2D eigenvalue weighted by Crippen LogP contribution is -2.49. The van der Waals surface area contributed by atoms with E-state index in [0.29, 0.717) is 16.6 Å². The van der Waals surface area contributed by atoms with Gasteiger partial charge < -0.3 is 5.32 Å². The third-order valence-electron chi connectivity index (χ3n) is 5.48. The van der Waals surface area contributed by atoms with Gasteiger partial charge in [-0.25, -0.2) is 9.78 Å². The number of aromatic nitrogens is 1. The summed E-state index contributed by atoms with van der Waals surface area (Å²) in [5.74, 6) is -1.26. The molecule has 0 saturated carbocycles. The Bertz CT molecular complexity index is 1300. The number of carbonyl (C=O) groups excluding carboxylic acids is 3. The Morgan fingerprint density at radius 2 is 1.38 bits per heavy atom. The second-order valence-electron chi connectivity index (χ2n) is 7.38. The summed E-state index contributed by atoms with van der Waals surface area (Å²) < 4.78 is 0. The molecule has 2 N–H and O–H groups in total. The Morgan fingerprint density at radius 3 is 2.03 bits per heavy atom. The molecule has 2 heterocycles. The molecule has 0 aliphatic carbocycles. The first-order valence-electron chi connectivity index (χ1n) is 10.0. The standard InChI is InChI=1S/C25H18N4O3/c30-22(21-16-15-17-9-7-8-14-20(17)26-21)28-29-23(31)25(27-24(29)32,18-10-3-1-4-11-18)19-12-5-2-6-13-19/h1-16H,(H,27,32)(H,28,30). The first kappa shape index (κ1) is 19.4. The van der Waals surface area contributed by atoms with E-state index in [2.05, 4.69) is 15.7 Å². The zero-order chi connectivity index (χ0) is 22.1. The van der Waals surface area contributed by atoms with Crippen LogP contribution in [-0.2, 0) is 10.3 Å². The van der Waals surface area contributed by atoms with Gasteiger partial charge in [-0.2, -0.15) is 5.01 Å². The fourth-order valence-electron chi connectivity index (χ4n) is 3.92. The van der Waals surface area contributed by atoms with Crippen molar-refractivity contribution in [2.45, 2.75) is 5.54 Å². The number of hydrogen-bond acceptors (Lipinski definition) is 4. The Morgan fingerprint density at radius 1 is 0.781 bits per heavy atom. The Balaban J connectivity index is 1.51. The molecule has 0 unspecified atom stereocenters. The minimum absolute atomic E-state index is 0.0984. The van der Waals surface area contributed by atoms with Gasteiger partial charge in [-0.3, -0.25) is 15.0 Å². The van der Waals surface area contributed by atoms with Gasteiger partial charge in [0.1, 0.15) is 5.69 Å². The van der Waals surface area contributed by atoms with Crippen molar-refractivity contribution in [3.63, 3.8) is 0 Å². The number of imide groups is 1. The summed E-state index contributed by atoms with van der Waals surface area (Å²) in [6.45, 7) is 0. The van der Waals surface area contributed by atoms with Crippen molar-refractivity contribution in [3.8, 4) is 0 Å². The van der Waals surface area contributed by atoms with E-state index in [4.69, 9.17) is 0 Å². The van der Waals surface area contributed by atoms with Crippen molar-refractivity contribution in [3.05, 3.63) is 114 Å². The number of urea groups is 1. The lowest BCUT2D eigenvalue weighted by atomic mass is 9.83. The summed E-state index contributed by atoms with van der Waals surface area (Å²) in [5, 5.41) is 4.39. The maximum absolute atomic E-state index is 13.6. The molecule has 7 heteroatoms. The molecule has 156 valence electrons. The minimum Gasteiger partial charge on any atom is -0.314 e. The summed E-state index contributed by atoms with van der Waals surface area (Å²) >= 11 is 0. The second kappa shape index (κ2) is 7.63. The molecule has 5 rings (SSSR count). The molecule has 0 spiro atoms. The monoisotopic (exact) mass is 422 g/mol. The van der Waals surface area contributed by atoms with Gasteiger partial charge in [0.05, 0.1) is 5.52 Å². The van der Waals surface area contributed by atoms with Crippen LogP contribution in [0.4, 0.5) is 4.79 Å². The summed E-state index contributed by atoms with van der Waals surface area (Å²) in [6, 6.07) is 27.8. The highest BCUT2D eigenvalue weighted by Gasteiger charge is 2.54. The van der Waals surface area contributed by atoms with Crippen LogP contribution < -0.4 is 10.7 Å². The minimum atomic E-state index is -1.45. The van der Waals surface area contributed by atoms with Crippen LogP contribution in [0.2, 0.25) is 0 Å². The molecule has 4 amide bonds. The molecule has 1 fully saturated rings. The predicted molar refractivity (Wildman–Crippen MR) is 118 cm³/mol. The maximum Gasteiger partial charge on any atom is 0.344 e. The lowest BCUT2D eigenvalue weighted by molar-refractivity contribution is -0.131. The zero-order valence-electron chi connectivity index (χ0n) is 16.9. The first-order valence-corrected chi connectivity index (χ1v) is 10.0. The number of nitrogens with one attached hydrogen (secondary N) is 2. The molecule has 0 bridgehead atoms. The van der Waals surface area contributed by atoms with Gasteiger partial charge in [-0.15, -0.1) is 0 Å².